The van der Waals surface area contributed by atoms with Crippen molar-refractivity contribution in [3.05, 3.63) is 41.1 Å². The van der Waals surface area contributed by atoms with Gasteiger partial charge in [-0.3, -0.25) is 4.68 Å². The minimum absolute atomic E-state index is 0.268. The monoisotopic (exact) mass is 284 g/mol. The molecule has 110 valence electrons. The molecule has 0 saturated carbocycles. The Bertz CT molecular complexity index is 673. The zero-order chi connectivity index (χ0) is 14.8. The molecule has 0 unspecified atom stereocenters. The third-order valence-electron chi connectivity index (χ3n) is 4.08. The van der Waals surface area contributed by atoms with E-state index < -0.39 is 5.97 Å². The van der Waals surface area contributed by atoms with Crippen molar-refractivity contribution < 1.29 is 9.90 Å². The van der Waals surface area contributed by atoms with Crippen LogP contribution in [-0.2, 0) is 19.4 Å². The van der Waals surface area contributed by atoms with Crippen LogP contribution in [-0.4, -0.2) is 20.9 Å². The average Bonchev–Trinajstić information content (AvgIpc) is 2.91. The SMILES string of the molecule is CCCn1nc(-c2ccc3c(c2)CCCC3)cc1C(=O)O. The largest absolute Gasteiger partial charge is 0.477 e. The first kappa shape index (κ1) is 13.9. The first-order valence-electron chi connectivity index (χ1n) is 7.62. The van der Waals surface area contributed by atoms with E-state index in [-0.39, 0.29) is 5.69 Å². The number of aromatic carboxylic acids is 1. The number of aromatic nitrogens is 2. The molecule has 1 aromatic heterocycles. The van der Waals surface area contributed by atoms with Gasteiger partial charge in [0.1, 0.15) is 5.69 Å². The summed E-state index contributed by atoms with van der Waals surface area (Å²) in [7, 11) is 0. The fraction of sp³-hybridized carbons (Fsp3) is 0.412. The lowest BCUT2D eigenvalue weighted by atomic mass is 9.90. The van der Waals surface area contributed by atoms with E-state index in [0.29, 0.717) is 6.54 Å². The van der Waals surface area contributed by atoms with Crippen LogP contribution in [0.25, 0.3) is 11.3 Å². The van der Waals surface area contributed by atoms with Gasteiger partial charge in [-0.05, 0) is 55.4 Å². The van der Waals surface area contributed by atoms with E-state index in [1.165, 1.54) is 24.0 Å². The molecule has 1 aliphatic rings. The third-order valence-corrected chi connectivity index (χ3v) is 4.08. The van der Waals surface area contributed by atoms with Crippen LogP contribution in [0.15, 0.2) is 24.3 Å². The smallest absolute Gasteiger partial charge is 0.354 e. The van der Waals surface area contributed by atoms with Gasteiger partial charge in [0.05, 0.1) is 5.69 Å². The van der Waals surface area contributed by atoms with Crippen LogP contribution in [0.4, 0.5) is 0 Å². The van der Waals surface area contributed by atoms with Gasteiger partial charge >= 0.3 is 5.97 Å². The van der Waals surface area contributed by atoms with Crippen LogP contribution in [0.2, 0.25) is 0 Å². The lowest BCUT2D eigenvalue weighted by Gasteiger charge is -2.16. The molecule has 0 saturated heterocycles. The summed E-state index contributed by atoms with van der Waals surface area (Å²) in [5.41, 5.74) is 4.86. The first-order chi connectivity index (χ1) is 10.2. The molecular formula is C17H20N2O2. The normalized spacial score (nSPS) is 14.0. The summed E-state index contributed by atoms with van der Waals surface area (Å²) in [5, 5.41) is 13.8. The Labute approximate surface area is 124 Å². The number of hydrogen-bond donors (Lipinski definition) is 1. The van der Waals surface area contributed by atoms with Gasteiger partial charge in [0.15, 0.2) is 0 Å². The van der Waals surface area contributed by atoms with Gasteiger partial charge in [-0.1, -0.05) is 19.1 Å². The fourth-order valence-corrected chi connectivity index (χ4v) is 3.01. The summed E-state index contributed by atoms with van der Waals surface area (Å²) in [4.78, 5) is 11.3. The minimum atomic E-state index is -0.917. The summed E-state index contributed by atoms with van der Waals surface area (Å²) in [5.74, 6) is -0.917. The van der Waals surface area contributed by atoms with E-state index in [2.05, 4.69) is 23.3 Å². The molecule has 1 N–H and O–H groups in total. The fourth-order valence-electron chi connectivity index (χ4n) is 3.01. The molecule has 4 nitrogen and oxygen atoms in total. The highest BCUT2D eigenvalue weighted by molar-refractivity contribution is 5.87. The Kier molecular flexibility index (Phi) is 3.78. The van der Waals surface area contributed by atoms with Crippen molar-refractivity contribution in [1.82, 2.24) is 9.78 Å². The number of rotatable bonds is 4. The molecule has 1 heterocycles. The maximum atomic E-state index is 11.3. The molecule has 0 spiro atoms. The van der Waals surface area contributed by atoms with Crippen molar-refractivity contribution in [2.75, 3.05) is 0 Å². The number of nitrogens with zero attached hydrogens (tertiary/aromatic N) is 2. The zero-order valence-electron chi connectivity index (χ0n) is 12.3. The van der Waals surface area contributed by atoms with Gasteiger partial charge in [-0.2, -0.15) is 5.10 Å². The predicted molar refractivity (Wildman–Crippen MR) is 81.6 cm³/mol. The maximum absolute atomic E-state index is 11.3. The van der Waals surface area contributed by atoms with Crippen LogP contribution in [0.1, 0.15) is 47.8 Å². The topological polar surface area (TPSA) is 55.1 Å². The molecule has 1 aromatic carbocycles. The number of benzene rings is 1. The average molecular weight is 284 g/mol. The second-order valence-corrected chi connectivity index (χ2v) is 5.63. The number of carboxylic acid groups (broad SMARTS) is 1. The van der Waals surface area contributed by atoms with Crippen molar-refractivity contribution >= 4 is 5.97 Å². The van der Waals surface area contributed by atoms with E-state index in [9.17, 15) is 9.90 Å². The molecule has 1 aliphatic carbocycles. The molecule has 0 radical (unpaired) electrons. The molecule has 21 heavy (non-hydrogen) atoms. The molecule has 2 aromatic rings. The second kappa shape index (κ2) is 5.72. The number of aryl methyl sites for hydroxylation is 3. The number of carboxylic acids is 1. The Hall–Kier alpha value is -2.10. The zero-order valence-corrected chi connectivity index (χ0v) is 12.3. The van der Waals surface area contributed by atoms with Crippen molar-refractivity contribution in [2.45, 2.75) is 45.6 Å². The van der Waals surface area contributed by atoms with Gasteiger partial charge in [-0.15, -0.1) is 0 Å². The second-order valence-electron chi connectivity index (χ2n) is 5.63. The Morgan fingerprint density at radius 3 is 2.71 bits per heavy atom. The van der Waals surface area contributed by atoms with E-state index in [0.717, 1.165) is 30.5 Å². The molecule has 3 rings (SSSR count). The van der Waals surface area contributed by atoms with Crippen molar-refractivity contribution in [3.8, 4) is 11.3 Å². The Morgan fingerprint density at radius 1 is 1.24 bits per heavy atom. The molecule has 0 amide bonds. The van der Waals surface area contributed by atoms with E-state index in [4.69, 9.17) is 0 Å². The van der Waals surface area contributed by atoms with Crippen molar-refractivity contribution in [1.29, 1.82) is 0 Å². The van der Waals surface area contributed by atoms with Crippen LogP contribution >= 0.6 is 0 Å². The number of hydrogen-bond acceptors (Lipinski definition) is 2. The van der Waals surface area contributed by atoms with Gasteiger partial charge in [0.2, 0.25) is 0 Å². The quantitative estimate of drug-likeness (QED) is 0.934. The van der Waals surface area contributed by atoms with Gasteiger partial charge in [0, 0.05) is 12.1 Å². The van der Waals surface area contributed by atoms with Crippen molar-refractivity contribution in [3.63, 3.8) is 0 Å². The molecule has 0 bridgehead atoms. The van der Waals surface area contributed by atoms with E-state index in [1.54, 1.807) is 10.7 Å². The first-order valence-corrected chi connectivity index (χ1v) is 7.62. The van der Waals surface area contributed by atoms with Gasteiger partial charge in [-0.25, -0.2) is 4.79 Å². The molecular weight excluding hydrogens is 264 g/mol. The lowest BCUT2D eigenvalue weighted by molar-refractivity contribution is 0.0683. The lowest BCUT2D eigenvalue weighted by Crippen LogP contribution is -2.09. The van der Waals surface area contributed by atoms with Crippen LogP contribution in [0.5, 0.6) is 0 Å². The molecule has 0 fully saturated rings. The number of carbonyl (C=O) groups is 1. The maximum Gasteiger partial charge on any atom is 0.354 e. The molecule has 4 heteroatoms. The summed E-state index contributed by atoms with van der Waals surface area (Å²) < 4.78 is 1.59. The number of fused-ring (bicyclic) bond motifs is 1. The standard InChI is InChI=1S/C17H20N2O2/c1-2-9-19-16(17(20)21)11-15(18-19)14-8-7-12-5-3-4-6-13(12)10-14/h7-8,10-11H,2-6,9H2,1H3,(H,20,21). The predicted octanol–water partition coefficient (Wildman–Crippen LogP) is 3.54. The van der Waals surface area contributed by atoms with E-state index in [1.807, 2.05) is 6.92 Å². The highest BCUT2D eigenvalue weighted by Crippen LogP contribution is 2.27. The van der Waals surface area contributed by atoms with Crippen LogP contribution < -0.4 is 0 Å². The Balaban J connectivity index is 2.00. The highest BCUT2D eigenvalue weighted by Gasteiger charge is 2.16. The minimum Gasteiger partial charge on any atom is -0.477 e. The summed E-state index contributed by atoms with van der Waals surface area (Å²) >= 11 is 0. The van der Waals surface area contributed by atoms with Crippen LogP contribution in [0, 0.1) is 0 Å². The third kappa shape index (κ3) is 2.71. The Morgan fingerprint density at radius 2 is 2.00 bits per heavy atom. The van der Waals surface area contributed by atoms with E-state index >= 15 is 0 Å². The van der Waals surface area contributed by atoms with Gasteiger partial charge < -0.3 is 5.11 Å². The summed E-state index contributed by atoms with van der Waals surface area (Å²) in [6, 6.07) is 8.10. The molecule has 0 atom stereocenters. The van der Waals surface area contributed by atoms with Crippen LogP contribution in [0.3, 0.4) is 0 Å². The summed E-state index contributed by atoms with van der Waals surface area (Å²) in [6.07, 6.45) is 5.64. The molecule has 0 aliphatic heterocycles. The highest BCUT2D eigenvalue weighted by atomic mass is 16.4. The summed E-state index contributed by atoms with van der Waals surface area (Å²) in [6.45, 7) is 2.65. The van der Waals surface area contributed by atoms with Gasteiger partial charge in [0.25, 0.3) is 0 Å². The van der Waals surface area contributed by atoms with Crippen molar-refractivity contribution in [2.24, 2.45) is 0 Å².